The first-order chi connectivity index (χ1) is 14.4. The highest BCUT2D eigenvalue weighted by atomic mass is 16.6. The quantitative estimate of drug-likeness (QED) is 0.340. The smallest absolute Gasteiger partial charge is 0.360 e. The highest BCUT2D eigenvalue weighted by Crippen LogP contribution is 2.27. The molecular weight excluding hydrogens is 392 g/mol. The van der Waals surface area contributed by atoms with E-state index in [1.807, 2.05) is 12.1 Å². The Labute approximate surface area is 171 Å². The zero-order chi connectivity index (χ0) is 21.7. The van der Waals surface area contributed by atoms with Gasteiger partial charge in [0.1, 0.15) is 11.5 Å². The second-order valence-corrected chi connectivity index (χ2v) is 6.36. The topological polar surface area (TPSA) is 130 Å². The molecule has 0 saturated heterocycles. The number of benzene rings is 2. The summed E-state index contributed by atoms with van der Waals surface area (Å²) in [5.74, 6) is -0.0982. The first kappa shape index (κ1) is 20.8. The fourth-order valence-electron chi connectivity index (χ4n) is 2.97. The van der Waals surface area contributed by atoms with Crippen molar-refractivity contribution in [2.75, 3.05) is 13.7 Å². The number of carbonyl (C=O) groups is 1. The molecule has 0 saturated carbocycles. The molecule has 0 radical (unpaired) electrons. The first-order valence-corrected chi connectivity index (χ1v) is 9.11. The maximum Gasteiger partial charge on any atom is 0.360 e. The van der Waals surface area contributed by atoms with Crippen LogP contribution < -0.4 is 4.74 Å². The second kappa shape index (κ2) is 9.03. The van der Waals surface area contributed by atoms with E-state index in [4.69, 9.17) is 9.47 Å². The number of methoxy groups -OCH3 is 1. The summed E-state index contributed by atoms with van der Waals surface area (Å²) in [7, 11) is 1.57. The number of phenolic OH excluding ortho intramolecular Hbond substituents is 1. The van der Waals surface area contributed by atoms with Crippen molar-refractivity contribution >= 4 is 11.7 Å². The first-order valence-electron chi connectivity index (χ1n) is 9.11. The molecule has 0 spiro atoms. The maximum absolute atomic E-state index is 12.4. The standard InChI is InChI=1S/C20H20N4O6/c1-3-30-20(26)19-18(11-14-10-15(25)6-9-17(14)24(27)28)23(22-21-19)12-13-4-7-16(29-2)8-5-13/h4-10,25H,3,11-12H2,1-2H3. The van der Waals surface area contributed by atoms with Crippen LogP contribution in [-0.4, -0.2) is 44.7 Å². The molecule has 1 aromatic heterocycles. The van der Waals surface area contributed by atoms with Crippen molar-refractivity contribution < 1.29 is 24.3 Å². The van der Waals surface area contributed by atoms with Crippen molar-refractivity contribution in [1.82, 2.24) is 15.0 Å². The van der Waals surface area contributed by atoms with Gasteiger partial charge in [-0.05, 0) is 36.8 Å². The Hall–Kier alpha value is -3.95. The van der Waals surface area contributed by atoms with Crippen molar-refractivity contribution in [3.8, 4) is 11.5 Å². The van der Waals surface area contributed by atoms with E-state index in [1.165, 1.54) is 22.9 Å². The van der Waals surface area contributed by atoms with Crippen molar-refractivity contribution in [2.45, 2.75) is 19.9 Å². The average molecular weight is 412 g/mol. The van der Waals surface area contributed by atoms with E-state index in [1.54, 1.807) is 26.2 Å². The second-order valence-electron chi connectivity index (χ2n) is 6.36. The number of ether oxygens (including phenoxy) is 2. The van der Waals surface area contributed by atoms with Gasteiger partial charge in [-0.1, -0.05) is 17.3 Å². The zero-order valence-electron chi connectivity index (χ0n) is 16.4. The number of aromatic nitrogens is 3. The van der Waals surface area contributed by atoms with Gasteiger partial charge in [0.2, 0.25) is 0 Å². The molecule has 0 unspecified atom stereocenters. The van der Waals surface area contributed by atoms with Crippen LogP contribution in [0.1, 0.15) is 34.2 Å². The Morgan fingerprint density at radius 3 is 2.60 bits per heavy atom. The molecule has 0 fully saturated rings. The van der Waals surface area contributed by atoms with E-state index >= 15 is 0 Å². The van der Waals surface area contributed by atoms with E-state index in [0.717, 1.165) is 5.56 Å². The van der Waals surface area contributed by atoms with Crippen LogP contribution in [0.5, 0.6) is 11.5 Å². The summed E-state index contributed by atoms with van der Waals surface area (Å²) in [6, 6.07) is 11.0. The van der Waals surface area contributed by atoms with Gasteiger partial charge in [-0.25, -0.2) is 9.48 Å². The van der Waals surface area contributed by atoms with E-state index < -0.39 is 10.9 Å². The van der Waals surface area contributed by atoms with Gasteiger partial charge in [0, 0.05) is 18.1 Å². The highest BCUT2D eigenvalue weighted by Gasteiger charge is 2.24. The van der Waals surface area contributed by atoms with E-state index in [2.05, 4.69) is 10.3 Å². The summed E-state index contributed by atoms with van der Waals surface area (Å²) in [5, 5.41) is 29.2. The number of esters is 1. The number of phenols is 1. The van der Waals surface area contributed by atoms with Crippen molar-refractivity contribution in [3.05, 3.63) is 75.1 Å². The molecule has 156 valence electrons. The van der Waals surface area contributed by atoms with E-state index in [-0.39, 0.29) is 42.3 Å². The van der Waals surface area contributed by atoms with Crippen LogP contribution in [0.4, 0.5) is 5.69 Å². The number of hydrogen-bond donors (Lipinski definition) is 1. The largest absolute Gasteiger partial charge is 0.508 e. The predicted molar refractivity (Wildman–Crippen MR) is 106 cm³/mol. The van der Waals surface area contributed by atoms with E-state index in [0.29, 0.717) is 11.4 Å². The molecule has 10 heteroatoms. The Balaban J connectivity index is 2.02. The highest BCUT2D eigenvalue weighted by molar-refractivity contribution is 5.88. The summed E-state index contributed by atoms with van der Waals surface area (Å²) < 4.78 is 11.7. The fraction of sp³-hybridized carbons (Fsp3) is 0.250. The van der Waals surface area contributed by atoms with Gasteiger partial charge in [-0.3, -0.25) is 10.1 Å². The Morgan fingerprint density at radius 2 is 1.97 bits per heavy atom. The molecular formula is C20H20N4O6. The zero-order valence-corrected chi connectivity index (χ0v) is 16.4. The fourth-order valence-corrected chi connectivity index (χ4v) is 2.97. The van der Waals surface area contributed by atoms with Gasteiger partial charge < -0.3 is 14.6 Å². The molecule has 0 aliphatic heterocycles. The minimum absolute atomic E-state index is 0.0250. The van der Waals surface area contributed by atoms with Crippen LogP contribution in [0.3, 0.4) is 0 Å². The van der Waals surface area contributed by atoms with Crippen LogP contribution in [0.15, 0.2) is 42.5 Å². The summed E-state index contributed by atoms with van der Waals surface area (Å²) in [6.45, 7) is 2.09. The third-order valence-electron chi connectivity index (χ3n) is 4.42. The van der Waals surface area contributed by atoms with Crippen molar-refractivity contribution in [3.63, 3.8) is 0 Å². The van der Waals surface area contributed by atoms with Gasteiger partial charge in [-0.15, -0.1) is 5.10 Å². The summed E-state index contributed by atoms with van der Waals surface area (Å²) in [4.78, 5) is 23.2. The molecule has 1 heterocycles. The number of nitro groups is 1. The lowest BCUT2D eigenvalue weighted by Gasteiger charge is -2.10. The average Bonchev–Trinajstić information content (AvgIpc) is 3.11. The normalized spacial score (nSPS) is 10.6. The number of nitro benzene ring substituents is 1. The van der Waals surface area contributed by atoms with Crippen molar-refractivity contribution in [1.29, 1.82) is 0 Å². The van der Waals surface area contributed by atoms with Gasteiger partial charge in [0.15, 0.2) is 5.69 Å². The van der Waals surface area contributed by atoms with Gasteiger partial charge in [0.25, 0.3) is 5.69 Å². The molecule has 0 bridgehead atoms. The Kier molecular flexibility index (Phi) is 6.26. The molecule has 30 heavy (non-hydrogen) atoms. The predicted octanol–water partition coefficient (Wildman–Crippen LogP) is 2.72. The molecule has 2 aromatic carbocycles. The third kappa shape index (κ3) is 4.54. The minimum atomic E-state index is -0.670. The van der Waals surface area contributed by atoms with Gasteiger partial charge in [-0.2, -0.15) is 0 Å². The van der Waals surface area contributed by atoms with Crippen molar-refractivity contribution in [2.24, 2.45) is 0 Å². The number of rotatable bonds is 8. The molecule has 3 rings (SSSR count). The van der Waals surface area contributed by atoms with Gasteiger partial charge >= 0.3 is 5.97 Å². The number of carbonyl (C=O) groups excluding carboxylic acids is 1. The summed E-state index contributed by atoms with van der Waals surface area (Å²) in [5.41, 5.74) is 1.23. The monoisotopic (exact) mass is 412 g/mol. The molecule has 0 atom stereocenters. The SMILES string of the molecule is CCOC(=O)c1nnn(Cc2ccc(OC)cc2)c1Cc1cc(O)ccc1[N+](=O)[O-]. The molecule has 0 aliphatic rings. The summed E-state index contributed by atoms with van der Waals surface area (Å²) >= 11 is 0. The lowest BCUT2D eigenvalue weighted by Crippen LogP contribution is -2.13. The van der Waals surface area contributed by atoms with Crippen LogP contribution in [0.25, 0.3) is 0 Å². The number of hydrogen-bond acceptors (Lipinski definition) is 8. The number of nitrogens with zero attached hydrogens (tertiary/aromatic N) is 4. The molecule has 10 nitrogen and oxygen atoms in total. The molecule has 0 aliphatic carbocycles. The lowest BCUT2D eigenvalue weighted by atomic mass is 10.1. The molecule has 3 aromatic rings. The van der Waals surface area contributed by atoms with Crippen LogP contribution in [0, 0.1) is 10.1 Å². The Morgan fingerprint density at radius 1 is 1.23 bits per heavy atom. The lowest BCUT2D eigenvalue weighted by molar-refractivity contribution is -0.385. The number of aromatic hydroxyl groups is 1. The van der Waals surface area contributed by atoms with Crippen LogP contribution >= 0.6 is 0 Å². The van der Waals surface area contributed by atoms with Crippen LogP contribution in [-0.2, 0) is 17.7 Å². The van der Waals surface area contributed by atoms with Gasteiger partial charge in [0.05, 0.1) is 30.9 Å². The Bertz CT molecular complexity index is 1060. The molecule has 1 N–H and O–H groups in total. The summed E-state index contributed by atoms with van der Waals surface area (Å²) in [6.07, 6.45) is -0.0397. The third-order valence-corrected chi connectivity index (χ3v) is 4.42. The van der Waals surface area contributed by atoms with Crippen LogP contribution in [0.2, 0.25) is 0 Å². The molecule has 0 amide bonds. The van der Waals surface area contributed by atoms with E-state index in [9.17, 15) is 20.0 Å². The minimum Gasteiger partial charge on any atom is -0.508 e. The maximum atomic E-state index is 12.4.